The van der Waals surface area contributed by atoms with Crippen LogP contribution in [0.1, 0.15) is 24.0 Å². The molecule has 0 atom stereocenters. The summed E-state index contributed by atoms with van der Waals surface area (Å²) in [4.78, 5) is 6.63. The molecule has 3 rings (SSSR count). The lowest BCUT2D eigenvalue weighted by molar-refractivity contribution is 0.400. The Labute approximate surface area is 164 Å². The third-order valence-corrected chi connectivity index (χ3v) is 6.87. The first-order chi connectivity index (χ1) is 12.9. The molecule has 1 aliphatic heterocycles. The van der Waals surface area contributed by atoms with Gasteiger partial charge in [0.25, 0.3) is 0 Å². The average molecular weight is 405 g/mol. The second-order valence-electron chi connectivity index (χ2n) is 6.63. The number of pyridine rings is 1. The average Bonchev–Trinajstić information content (AvgIpc) is 2.69. The van der Waals surface area contributed by atoms with Crippen LogP contribution in [-0.4, -0.2) is 33.0 Å². The smallest absolute Gasteiger partial charge is 0.240 e. The van der Waals surface area contributed by atoms with E-state index in [1.165, 1.54) is 0 Å². The molecule has 0 bridgehead atoms. The number of hydrogen-bond acceptors (Lipinski definition) is 5. The molecule has 27 heavy (non-hydrogen) atoms. The number of nitrogens with one attached hydrogen (secondary N) is 1. The first-order valence-corrected chi connectivity index (χ1v) is 10.6. The van der Waals surface area contributed by atoms with E-state index in [2.05, 4.69) is 20.7 Å². The van der Waals surface area contributed by atoms with Gasteiger partial charge in [0.1, 0.15) is 11.9 Å². The molecule has 1 aromatic carbocycles. The van der Waals surface area contributed by atoms with Crippen LogP contribution in [0.3, 0.4) is 0 Å². The van der Waals surface area contributed by atoms with Crippen molar-refractivity contribution in [2.45, 2.75) is 24.7 Å². The van der Waals surface area contributed by atoms with Crippen molar-refractivity contribution in [2.24, 2.45) is 5.92 Å². The van der Waals surface area contributed by atoms with Gasteiger partial charge in [-0.25, -0.2) is 18.1 Å². The number of rotatable bonds is 5. The van der Waals surface area contributed by atoms with Gasteiger partial charge >= 0.3 is 0 Å². The van der Waals surface area contributed by atoms with Gasteiger partial charge in [0, 0.05) is 30.9 Å². The molecule has 1 aliphatic rings. The molecule has 2 aromatic rings. The van der Waals surface area contributed by atoms with Gasteiger partial charge in [-0.3, -0.25) is 0 Å². The van der Waals surface area contributed by atoms with Crippen molar-refractivity contribution in [2.75, 3.05) is 24.5 Å². The first kappa shape index (κ1) is 19.6. The summed E-state index contributed by atoms with van der Waals surface area (Å²) in [5.74, 6) is 0.943. The Hall–Kier alpha value is -2.14. The lowest BCUT2D eigenvalue weighted by Crippen LogP contribution is -2.39. The predicted octanol–water partition coefficient (Wildman–Crippen LogP) is 3.11. The summed E-state index contributed by atoms with van der Waals surface area (Å²) >= 11 is 6.04. The Morgan fingerprint density at radius 2 is 2.04 bits per heavy atom. The largest absolute Gasteiger partial charge is 0.356 e. The highest BCUT2D eigenvalue weighted by molar-refractivity contribution is 7.89. The summed E-state index contributed by atoms with van der Waals surface area (Å²) < 4.78 is 27.9. The molecule has 0 radical (unpaired) electrons. The molecule has 0 spiro atoms. The molecule has 8 heteroatoms. The van der Waals surface area contributed by atoms with Gasteiger partial charge in [0.05, 0.1) is 10.5 Å². The van der Waals surface area contributed by atoms with E-state index in [1.807, 2.05) is 0 Å². The lowest BCUT2D eigenvalue weighted by atomic mass is 9.97. The van der Waals surface area contributed by atoms with E-state index in [1.54, 1.807) is 43.5 Å². The zero-order chi connectivity index (χ0) is 19.4. The Bertz CT molecular complexity index is 964. The standard InChI is InChI=1S/C19H21ClN4O2S/c1-14-17(20)5-2-6-18(14)27(25,26)23-13-15-7-10-24(11-8-15)19-16(12-21)4-3-9-22-19/h2-6,9,15,23H,7-8,10-11,13H2,1H3. The van der Waals surface area contributed by atoms with Crippen molar-refractivity contribution in [3.8, 4) is 6.07 Å². The van der Waals surface area contributed by atoms with Crippen LogP contribution in [-0.2, 0) is 10.0 Å². The molecule has 0 saturated carbocycles. The van der Waals surface area contributed by atoms with E-state index in [4.69, 9.17) is 11.6 Å². The number of halogens is 1. The first-order valence-electron chi connectivity index (χ1n) is 8.77. The minimum atomic E-state index is -3.59. The molecule has 1 saturated heterocycles. The molecule has 1 N–H and O–H groups in total. The number of benzene rings is 1. The van der Waals surface area contributed by atoms with Gasteiger partial charge in [-0.15, -0.1) is 0 Å². The summed E-state index contributed by atoms with van der Waals surface area (Å²) in [7, 11) is -3.59. The summed E-state index contributed by atoms with van der Waals surface area (Å²) in [6.45, 7) is 3.58. The molecule has 142 valence electrons. The minimum absolute atomic E-state index is 0.222. The third kappa shape index (κ3) is 4.41. The van der Waals surface area contributed by atoms with Crippen LogP contribution in [0.2, 0.25) is 5.02 Å². The Balaban J connectivity index is 1.60. The van der Waals surface area contributed by atoms with Crippen LogP contribution in [0.15, 0.2) is 41.4 Å². The normalized spacial score (nSPS) is 15.5. The maximum Gasteiger partial charge on any atom is 0.240 e. The van der Waals surface area contributed by atoms with Crippen LogP contribution in [0.5, 0.6) is 0 Å². The Morgan fingerprint density at radius 1 is 1.30 bits per heavy atom. The summed E-state index contributed by atoms with van der Waals surface area (Å²) in [5, 5.41) is 9.66. The van der Waals surface area contributed by atoms with Gasteiger partial charge in [0.2, 0.25) is 10.0 Å². The van der Waals surface area contributed by atoms with Crippen LogP contribution >= 0.6 is 11.6 Å². The highest BCUT2D eigenvalue weighted by Crippen LogP contribution is 2.25. The molecule has 6 nitrogen and oxygen atoms in total. The van der Waals surface area contributed by atoms with E-state index < -0.39 is 10.0 Å². The second kappa shape index (κ2) is 8.26. The van der Waals surface area contributed by atoms with Crippen molar-refractivity contribution in [3.05, 3.63) is 52.7 Å². The number of nitriles is 1. The minimum Gasteiger partial charge on any atom is -0.356 e. The molecule has 0 amide bonds. The highest BCUT2D eigenvalue weighted by Gasteiger charge is 2.24. The number of sulfonamides is 1. The van der Waals surface area contributed by atoms with Gasteiger partial charge < -0.3 is 4.90 Å². The number of hydrogen-bond donors (Lipinski definition) is 1. The van der Waals surface area contributed by atoms with E-state index in [-0.39, 0.29) is 10.8 Å². The van der Waals surface area contributed by atoms with E-state index in [9.17, 15) is 13.7 Å². The molecule has 1 aromatic heterocycles. The highest BCUT2D eigenvalue weighted by atomic mass is 35.5. The van der Waals surface area contributed by atoms with Crippen molar-refractivity contribution in [1.29, 1.82) is 5.26 Å². The summed E-state index contributed by atoms with van der Waals surface area (Å²) in [6.07, 6.45) is 3.35. The fourth-order valence-corrected chi connectivity index (χ4v) is 4.88. The van der Waals surface area contributed by atoms with Gasteiger partial charge in [-0.05, 0) is 55.5 Å². The SMILES string of the molecule is Cc1c(Cl)cccc1S(=O)(=O)NCC1CCN(c2ncccc2C#N)CC1. The van der Waals surface area contributed by atoms with Crippen LogP contribution in [0, 0.1) is 24.2 Å². The molecule has 2 heterocycles. The van der Waals surface area contributed by atoms with Crippen LogP contribution in [0.4, 0.5) is 5.82 Å². The molecule has 1 fully saturated rings. The van der Waals surface area contributed by atoms with E-state index >= 15 is 0 Å². The fraction of sp³-hybridized carbons (Fsp3) is 0.368. The zero-order valence-electron chi connectivity index (χ0n) is 15.0. The van der Waals surface area contributed by atoms with Gasteiger partial charge in [-0.2, -0.15) is 5.26 Å². The molecular formula is C19H21ClN4O2S. The van der Waals surface area contributed by atoms with E-state index in [0.29, 0.717) is 28.5 Å². The maximum absolute atomic E-state index is 12.6. The van der Waals surface area contributed by atoms with Crippen molar-refractivity contribution in [1.82, 2.24) is 9.71 Å². The maximum atomic E-state index is 12.6. The quantitative estimate of drug-likeness (QED) is 0.827. The number of piperidine rings is 1. The van der Waals surface area contributed by atoms with Crippen molar-refractivity contribution >= 4 is 27.4 Å². The number of anilines is 1. The number of nitrogens with zero attached hydrogens (tertiary/aromatic N) is 3. The third-order valence-electron chi connectivity index (χ3n) is 4.89. The van der Waals surface area contributed by atoms with Crippen molar-refractivity contribution < 1.29 is 8.42 Å². The zero-order valence-corrected chi connectivity index (χ0v) is 16.6. The van der Waals surface area contributed by atoms with Gasteiger partial charge in [0.15, 0.2) is 0 Å². The van der Waals surface area contributed by atoms with Crippen molar-refractivity contribution in [3.63, 3.8) is 0 Å². The van der Waals surface area contributed by atoms with Gasteiger partial charge in [-0.1, -0.05) is 17.7 Å². The fourth-order valence-electron chi connectivity index (χ4n) is 3.27. The van der Waals surface area contributed by atoms with E-state index in [0.717, 1.165) is 25.9 Å². The predicted molar refractivity (Wildman–Crippen MR) is 105 cm³/mol. The molecular weight excluding hydrogens is 384 g/mol. The van der Waals surface area contributed by atoms with Crippen LogP contribution < -0.4 is 9.62 Å². The topological polar surface area (TPSA) is 86.1 Å². The molecule has 0 aliphatic carbocycles. The Morgan fingerprint density at radius 3 is 2.74 bits per heavy atom. The van der Waals surface area contributed by atoms with Crippen LogP contribution in [0.25, 0.3) is 0 Å². The lowest BCUT2D eigenvalue weighted by Gasteiger charge is -2.33. The monoisotopic (exact) mass is 404 g/mol. The summed E-state index contributed by atoms with van der Waals surface area (Å²) in [5.41, 5.74) is 1.12. The second-order valence-corrected chi connectivity index (χ2v) is 8.77. The number of aromatic nitrogens is 1. The Kier molecular flexibility index (Phi) is 6.00. The molecule has 0 unspecified atom stereocenters. The summed E-state index contributed by atoms with van der Waals surface area (Å²) in [6, 6.07) is 10.6.